The van der Waals surface area contributed by atoms with Gasteiger partial charge in [-0.15, -0.1) is 0 Å². The second kappa shape index (κ2) is 10.7. The molecule has 0 radical (unpaired) electrons. The lowest BCUT2D eigenvalue weighted by molar-refractivity contribution is -0.159. The second-order valence-corrected chi connectivity index (χ2v) is 7.50. The molecule has 0 spiro atoms. The van der Waals surface area contributed by atoms with Crippen LogP contribution in [0.15, 0.2) is 48.5 Å². The van der Waals surface area contributed by atoms with Crippen LogP contribution in [-0.2, 0) is 20.7 Å². The van der Waals surface area contributed by atoms with E-state index in [0.29, 0.717) is 31.0 Å². The standard InChI is InChI=1S/C24H30N2O5/c1-18(24(28)26-13-11-25(12-14-26)20-7-5-4-6-8-20)31-23(27)10-9-19-15-21(29-2)17-22(16-19)30-3/h4-8,15-18H,9-14H2,1-3H3/t18-/m0/s1. The molecule has 1 aliphatic rings. The van der Waals surface area contributed by atoms with E-state index in [1.165, 1.54) is 0 Å². The molecule has 0 N–H and O–H groups in total. The van der Waals surface area contributed by atoms with Crippen LogP contribution in [0.25, 0.3) is 0 Å². The first-order chi connectivity index (χ1) is 15.0. The number of benzene rings is 2. The molecule has 1 amide bonds. The average molecular weight is 427 g/mol. The van der Waals surface area contributed by atoms with Crippen LogP contribution in [0.5, 0.6) is 11.5 Å². The van der Waals surface area contributed by atoms with Crippen molar-refractivity contribution in [2.24, 2.45) is 0 Å². The van der Waals surface area contributed by atoms with Gasteiger partial charge in [0.1, 0.15) is 11.5 Å². The van der Waals surface area contributed by atoms with E-state index in [0.717, 1.165) is 24.3 Å². The number of carbonyl (C=O) groups excluding carboxylic acids is 2. The molecule has 0 aromatic heterocycles. The Labute approximate surface area is 183 Å². The number of methoxy groups -OCH3 is 2. The number of hydrogen-bond acceptors (Lipinski definition) is 6. The number of aryl methyl sites for hydroxylation is 1. The van der Waals surface area contributed by atoms with Gasteiger partial charge in [0.2, 0.25) is 0 Å². The first-order valence-electron chi connectivity index (χ1n) is 10.5. The van der Waals surface area contributed by atoms with Crippen molar-refractivity contribution < 1.29 is 23.8 Å². The molecule has 1 atom stereocenters. The molecule has 0 aliphatic carbocycles. The largest absolute Gasteiger partial charge is 0.497 e. The zero-order chi connectivity index (χ0) is 22.2. The van der Waals surface area contributed by atoms with Crippen LogP contribution in [0, 0.1) is 0 Å². The Hall–Kier alpha value is -3.22. The Morgan fingerprint density at radius 2 is 1.55 bits per heavy atom. The van der Waals surface area contributed by atoms with E-state index in [9.17, 15) is 9.59 Å². The van der Waals surface area contributed by atoms with Gasteiger partial charge in [-0.05, 0) is 43.2 Å². The third-order valence-electron chi connectivity index (χ3n) is 5.40. The number of para-hydroxylation sites is 1. The molecule has 7 heteroatoms. The highest BCUT2D eigenvalue weighted by molar-refractivity contribution is 5.83. The summed E-state index contributed by atoms with van der Waals surface area (Å²) in [5.74, 6) is 0.788. The van der Waals surface area contributed by atoms with Gasteiger partial charge in [0.15, 0.2) is 6.10 Å². The highest BCUT2D eigenvalue weighted by Crippen LogP contribution is 2.23. The minimum Gasteiger partial charge on any atom is -0.497 e. The van der Waals surface area contributed by atoms with Crippen molar-refractivity contribution in [3.8, 4) is 11.5 Å². The van der Waals surface area contributed by atoms with E-state index in [1.807, 2.05) is 30.3 Å². The molecule has 166 valence electrons. The van der Waals surface area contributed by atoms with Gasteiger partial charge in [0.05, 0.1) is 14.2 Å². The maximum absolute atomic E-state index is 12.7. The third-order valence-corrected chi connectivity index (χ3v) is 5.40. The second-order valence-electron chi connectivity index (χ2n) is 7.50. The van der Waals surface area contributed by atoms with Crippen LogP contribution < -0.4 is 14.4 Å². The number of esters is 1. The summed E-state index contributed by atoms with van der Waals surface area (Å²) in [5, 5.41) is 0. The predicted molar refractivity (Wildman–Crippen MR) is 119 cm³/mol. The van der Waals surface area contributed by atoms with E-state index in [4.69, 9.17) is 14.2 Å². The minimum atomic E-state index is -0.796. The molecule has 0 bridgehead atoms. The molecule has 2 aromatic carbocycles. The molecule has 1 fully saturated rings. The summed E-state index contributed by atoms with van der Waals surface area (Å²) in [7, 11) is 3.17. The number of carbonyl (C=O) groups is 2. The van der Waals surface area contributed by atoms with Crippen LogP contribution in [-0.4, -0.2) is 63.3 Å². The lowest BCUT2D eigenvalue weighted by Crippen LogP contribution is -2.51. The molecular formula is C24H30N2O5. The smallest absolute Gasteiger partial charge is 0.306 e. The number of ether oxygens (including phenoxy) is 3. The highest BCUT2D eigenvalue weighted by atomic mass is 16.5. The monoisotopic (exact) mass is 426 g/mol. The van der Waals surface area contributed by atoms with Crippen LogP contribution >= 0.6 is 0 Å². The van der Waals surface area contributed by atoms with Crippen LogP contribution in [0.3, 0.4) is 0 Å². The van der Waals surface area contributed by atoms with E-state index in [2.05, 4.69) is 17.0 Å². The zero-order valence-corrected chi connectivity index (χ0v) is 18.4. The van der Waals surface area contributed by atoms with Crippen molar-refractivity contribution in [1.29, 1.82) is 0 Å². The molecule has 0 saturated carbocycles. The Kier molecular flexibility index (Phi) is 7.76. The number of amides is 1. The summed E-state index contributed by atoms with van der Waals surface area (Å²) in [5.41, 5.74) is 2.06. The molecule has 0 unspecified atom stereocenters. The summed E-state index contributed by atoms with van der Waals surface area (Å²) in [6.07, 6.45) is -0.144. The molecule has 2 aromatic rings. The lowest BCUT2D eigenvalue weighted by atomic mass is 10.1. The van der Waals surface area contributed by atoms with Gasteiger partial charge in [-0.1, -0.05) is 18.2 Å². The van der Waals surface area contributed by atoms with Crippen molar-refractivity contribution in [3.05, 3.63) is 54.1 Å². The molecular weight excluding hydrogens is 396 g/mol. The minimum absolute atomic E-state index is 0.149. The average Bonchev–Trinajstić information content (AvgIpc) is 2.82. The van der Waals surface area contributed by atoms with Gasteiger partial charge in [0, 0.05) is 44.4 Å². The SMILES string of the molecule is COc1cc(CCC(=O)O[C@@H](C)C(=O)N2CCN(c3ccccc3)CC2)cc(OC)c1. The van der Waals surface area contributed by atoms with Gasteiger partial charge >= 0.3 is 5.97 Å². The molecule has 7 nitrogen and oxygen atoms in total. The van der Waals surface area contributed by atoms with Gasteiger partial charge in [-0.25, -0.2) is 0 Å². The number of rotatable bonds is 8. The fraction of sp³-hybridized carbons (Fsp3) is 0.417. The molecule has 1 saturated heterocycles. The van der Waals surface area contributed by atoms with E-state index >= 15 is 0 Å². The number of anilines is 1. The number of nitrogens with zero attached hydrogens (tertiary/aromatic N) is 2. The van der Waals surface area contributed by atoms with E-state index in [-0.39, 0.29) is 12.3 Å². The van der Waals surface area contributed by atoms with E-state index in [1.54, 1.807) is 32.1 Å². The van der Waals surface area contributed by atoms with Crippen molar-refractivity contribution in [1.82, 2.24) is 4.90 Å². The third kappa shape index (κ3) is 6.13. The number of piperazine rings is 1. The van der Waals surface area contributed by atoms with Crippen molar-refractivity contribution in [2.45, 2.75) is 25.9 Å². The summed E-state index contributed by atoms with van der Waals surface area (Å²) in [6, 6.07) is 15.6. The van der Waals surface area contributed by atoms with Crippen LogP contribution in [0.4, 0.5) is 5.69 Å². The van der Waals surface area contributed by atoms with Gasteiger partial charge in [-0.3, -0.25) is 9.59 Å². The van der Waals surface area contributed by atoms with Crippen LogP contribution in [0.1, 0.15) is 18.9 Å². The Balaban J connectivity index is 1.46. The Bertz CT molecular complexity index is 857. The van der Waals surface area contributed by atoms with Gasteiger partial charge in [-0.2, -0.15) is 0 Å². The topological polar surface area (TPSA) is 68.3 Å². The number of hydrogen-bond donors (Lipinski definition) is 0. The molecule has 31 heavy (non-hydrogen) atoms. The maximum Gasteiger partial charge on any atom is 0.306 e. The van der Waals surface area contributed by atoms with Crippen molar-refractivity contribution in [3.63, 3.8) is 0 Å². The highest BCUT2D eigenvalue weighted by Gasteiger charge is 2.27. The fourth-order valence-electron chi connectivity index (χ4n) is 3.64. The van der Waals surface area contributed by atoms with Crippen molar-refractivity contribution >= 4 is 17.6 Å². The fourth-order valence-corrected chi connectivity index (χ4v) is 3.64. The van der Waals surface area contributed by atoms with Crippen LogP contribution in [0.2, 0.25) is 0 Å². The summed E-state index contributed by atoms with van der Waals surface area (Å²) >= 11 is 0. The van der Waals surface area contributed by atoms with Gasteiger partial charge < -0.3 is 24.0 Å². The van der Waals surface area contributed by atoms with Gasteiger partial charge in [0.25, 0.3) is 5.91 Å². The van der Waals surface area contributed by atoms with Crippen molar-refractivity contribution in [2.75, 3.05) is 45.3 Å². The Morgan fingerprint density at radius 3 is 2.13 bits per heavy atom. The summed E-state index contributed by atoms with van der Waals surface area (Å²) < 4.78 is 15.9. The first-order valence-corrected chi connectivity index (χ1v) is 10.5. The lowest BCUT2D eigenvalue weighted by Gasteiger charge is -2.37. The molecule has 1 aliphatic heterocycles. The maximum atomic E-state index is 12.7. The molecule has 1 heterocycles. The Morgan fingerprint density at radius 1 is 0.935 bits per heavy atom. The summed E-state index contributed by atoms with van der Waals surface area (Å²) in [4.78, 5) is 29.0. The normalized spacial score (nSPS) is 14.7. The predicted octanol–water partition coefficient (Wildman–Crippen LogP) is 2.92. The molecule has 3 rings (SSSR count). The first kappa shape index (κ1) is 22.5. The quantitative estimate of drug-likeness (QED) is 0.605. The zero-order valence-electron chi connectivity index (χ0n) is 18.4. The summed E-state index contributed by atoms with van der Waals surface area (Å²) in [6.45, 7) is 4.37. The van der Waals surface area contributed by atoms with E-state index < -0.39 is 12.1 Å².